The number of nitrogens with zero attached hydrogens (tertiary/aromatic N) is 1. The van der Waals surface area contributed by atoms with Crippen LogP contribution in [0.15, 0.2) is 12.5 Å². The summed E-state index contributed by atoms with van der Waals surface area (Å²) in [5, 5.41) is 3.11. The number of nitrogens with one attached hydrogen (secondary N) is 2. The summed E-state index contributed by atoms with van der Waals surface area (Å²) in [6.45, 7) is 1.89. The molecule has 1 aromatic rings. The quantitative estimate of drug-likeness (QED) is 0.594. The Morgan fingerprint density at radius 2 is 2.50 bits per heavy atom. The maximum Gasteiger partial charge on any atom is 0.211 e. The van der Waals surface area contributed by atoms with Gasteiger partial charge in [0.15, 0.2) is 0 Å². The Hall–Kier alpha value is -1.03. The highest BCUT2D eigenvalue weighted by molar-refractivity contribution is 5.03. The van der Waals surface area contributed by atoms with Crippen LogP contribution in [0.25, 0.3) is 0 Å². The zero-order valence-electron chi connectivity index (χ0n) is 5.50. The van der Waals surface area contributed by atoms with Gasteiger partial charge in [0.25, 0.3) is 0 Å². The molecule has 0 unspecified atom stereocenters. The first-order valence-electron chi connectivity index (χ1n) is 3.31. The minimum atomic E-state index is 0.334. The van der Waals surface area contributed by atoms with E-state index in [0.29, 0.717) is 6.10 Å². The molecule has 1 fully saturated rings. The molecule has 1 aliphatic rings. The fourth-order valence-electron chi connectivity index (χ4n) is 0.833. The zero-order valence-corrected chi connectivity index (χ0v) is 5.50. The van der Waals surface area contributed by atoms with Gasteiger partial charge in [0, 0.05) is 13.1 Å². The molecule has 1 aromatic heterocycles. The third kappa shape index (κ3) is 0.974. The van der Waals surface area contributed by atoms with Crippen LogP contribution in [-0.4, -0.2) is 29.2 Å². The van der Waals surface area contributed by atoms with Gasteiger partial charge >= 0.3 is 0 Å². The van der Waals surface area contributed by atoms with Crippen LogP contribution in [0.2, 0.25) is 0 Å². The summed E-state index contributed by atoms with van der Waals surface area (Å²) in [4.78, 5) is 6.71. The predicted octanol–water partition coefficient (Wildman–Crippen LogP) is -0.240. The van der Waals surface area contributed by atoms with Crippen LogP contribution < -0.4 is 10.1 Å². The Kier molecular flexibility index (Phi) is 1.32. The molecule has 0 bridgehead atoms. The van der Waals surface area contributed by atoms with Crippen molar-refractivity contribution < 1.29 is 4.74 Å². The van der Waals surface area contributed by atoms with Crippen molar-refractivity contribution in [3.05, 3.63) is 12.5 Å². The van der Waals surface area contributed by atoms with Crippen molar-refractivity contribution in [2.45, 2.75) is 6.10 Å². The normalized spacial score (nSPS) is 18.4. The topological polar surface area (TPSA) is 49.9 Å². The maximum atomic E-state index is 5.41. The molecule has 0 spiro atoms. The third-order valence-electron chi connectivity index (χ3n) is 1.51. The molecule has 4 heteroatoms. The van der Waals surface area contributed by atoms with E-state index in [9.17, 15) is 0 Å². The largest absolute Gasteiger partial charge is 0.472 e. The predicted molar refractivity (Wildman–Crippen MR) is 35.9 cm³/mol. The first kappa shape index (κ1) is 5.73. The molecule has 2 rings (SSSR count). The van der Waals surface area contributed by atoms with Crippen LogP contribution in [-0.2, 0) is 0 Å². The number of rotatable bonds is 2. The first-order chi connectivity index (χ1) is 4.95. The van der Waals surface area contributed by atoms with Crippen LogP contribution in [0.4, 0.5) is 0 Å². The first-order valence-corrected chi connectivity index (χ1v) is 3.31. The van der Waals surface area contributed by atoms with Crippen LogP contribution >= 0.6 is 0 Å². The van der Waals surface area contributed by atoms with Gasteiger partial charge in [-0.1, -0.05) is 0 Å². The van der Waals surface area contributed by atoms with Gasteiger partial charge in [0.1, 0.15) is 6.10 Å². The number of H-pyrrole nitrogens is 1. The SMILES string of the molecule is c1ncc(OC2CNC2)[nH]1. The molecule has 0 radical (unpaired) electrons. The van der Waals surface area contributed by atoms with Crippen LogP contribution in [0, 0.1) is 0 Å². The fraction of sp³-hybridized carbons (Fsp3) is 0.500. The van der Waals surface area contributed by atoms with Crippen LogP contribution in [0.1, 0.15) is 0 Å². The lowest BCUT2D eigenvalue weighted by atomic mass is 10.2. The second-order valence-corrected chi connectivity index (χ2v) is 2.31. The lowest BCUT2D eigenvalue weighted by Gasteiger charge is -2.26. The Morgan fingerprint density at radius 1 is 1.60 bits per heavy atom. The van der Waals surface area contributed by atoms with Crippen molar-refractivity contribution in [1.82, 2.24) is 15.3 Å². The molecule has 0 saturated carbocycles. The molecule has 0 amide bonds. The van der Waals surface area contributed by atoms with E-state index in [1.54, 1.807) is 12.5 Å². The van der Waals surface area contributed by atoms with Crippen molar-refractivity contribution in [2.75, 3.05) is 13.1 Å². The highest BCUT2D eigenvalue weighted by atomic mass is 16.5. The Morgan fingerprint density at radius 3 is 3.00 bits per heavy atom. The van der Waals surface area contributed by atoms with E-state index >= 15 is 0 Å². The average molecular weight is 139 g/mol. The maximum absolute atomic E-state index is 5.41. The Bertz CT molecular complexity index is 193. The van der Waals surface area contributed by atoms with E-state index in [1.165, 1.54) is 0 Å². The van der Waals surface area contributed by atoms with Crippen molar-refractivity contribution in [1.29, 1.82) is 0 Å². The summed E-state index contributed by atoms with van der Waals surface area (Å²) in [7, 11) is 0. The molecule has 2 N–H and O–H groups in total. The zero-order chi connectivity index (χ0) is 6.81. The molecular formula is C6H9N3O. The van der Waals surface area contributed by atoms with Crippen molar-refractivity contribution >= 4 is 0 Å². The van der Waals surface area contributed by atoms with Gasteiger partial charge in [-0.05, 0) is 0 Å². The van der Waals surface area contributed by atoms with Crippen LogP contribution in [0.3, 0.4) is 0 Å². The van der Waals surface area contributed by atoms with E-state index < -0.39 is 0 Å². The molecule has 0 aliphatic carbocycles. The summed E-state index contributed by atoms with van der Waals surface area (Å²) in [5.74, 6) is 0.756. The average Bonchev–Trinajstić information content (AvgIpc) is 2.29. The molecule has 4 nitrogen and oxygen atoms in total. The third-order valence-corrected chi connectivity index (χ3v) is 1.51. The van der Waals surface area contributed by atoms with Crippen molar-refractivity contribution in [2.24, 2.45) is 0 Å². The van der Waals surface area contributed by atoms with Gasteiger partial charge in [-0.2, -0.15) is 0 Å². The molecule has 0 atom stereocenters. The van der Waals surface area contributed by atoms with Gasteiger partial charge in [0.2, 0.25) is 5.88 Å². The van der Waals surface area contributed by atoms with E-state index in [1.807, 2.05) is 0 Å². The monoisotopic (exact) mass is 139 g/mol. The van der Waals surface area contributed by atoms with E-state index in [4.69, 9.17) is 4.74 Å². The second kappa shape index (κ2) is 2.30. The van der Waals surface area contributed by atoms with E-state index in [2.05, 4.69) is 15.3 Å². The lowest BCUT2D eigenvalue weighted by molar-refractivity contribution is 0.137. The van der Waals surface area contributed by atoms with Gasteiger partial charge in [0.05, 0.1) is 12.5 Å². The van der Waals surface area contributed by atoms with Crippen LogP contribution in [0.5, 0.6) is 5.88 Å². The molecule has 1 aliphatic heterocycles. The standard InChI is InChI=1S/C6H9N3O/c1-5(2-7-1)10-6-3-8-4-9-6/h3-5,7H,1-2H2,(H,8,9). The Labute approximate surface area is 58.6 Å². The van der Waals surface area contributed by atoms with E-state index in [0.717, 1.165) is 19.0 Å². The molecule has 54 valence electrons. The number of ether oxygens (including phenoxy) is 1. The molecular weight excluding hydrogens is 130 g/mol. The van der Waals surface area contributed by atoms with Crippen molar-refractivity contribution in [3.8, 4) is 5.88 Å². The van der Waals surface area contributed by atoms with E-state index in [-0.39, 0.29) is 0 Å². The molecule has 10 heavy (non-hydrogen) atoms. The lowest BCUT2D eigenvalue weighted by Crippen LogP contribution is -2.50. The number of aromatic nitrogens is 2. The van der Waals surface area contributed by atoms with Gasteiger partial charge in [-0.15, -0.1) is 0 Å². The number of hydrogen-bond acceptors (Lipinski definition) is 3. The minimum Gasteiger partial charge on any atom is -0.472 e. The minimum absolute atomic E-state index is 0.334. The number of hydrogen-bond donors (Lipinski definition) is 2. The highest BCUT2D eigenvalue weighted by Crippen LogP contribution is 2.07. The molecule has 2 heterocycles. The number of aromatic amines is 1. The Balaban J connectivity index is 1.90. The summed E-state index contributed by atoms with van der Waals surface area (Å²) in [6.07, 6.45) is 3.63. The number of imidazole rings is 1. The summed E-state index contributed by atoms with van der Waals surface area (Å²) < 4.78 is 5.41. The van der Waals surface area contributed by atoms with Gasteiger partial charge in [-0.3, -0.25) is 0 Å². The molecule has 1 saturated heterocycles. The smallest absolute Gasteiger partial charge is 0.211 e. The summed E-state index contributed by atoms with van der Waals surface area (Å²) >= 11 is 0. The molecule has 0 aromatic carbocycles. The summed E-state index contributed by atoms with van der Waals surface area (Å²) in [5.41, 5.74) is 0. The highest BCUT2D eigenvalue weighted by Gasteiger charge is 2.18. The fourth-order valence-corrected chi connectivity index (χ4v) is 0.833. The van der Waals surface area contributed by atoms with Crippen molar-refractivity contribution in [3.63, 3.8) is 0 Å². The summed E-state index contributed by atoms with van der Waals surface area (Å²) in [6, 6.07) is 0. The van der Waals surface area contributed by atoms with Gasteiger partial charge in [-0.25, -0.2) is 4.98 Å². The van der Waals surface area contributed by atoms with Gasteiger partial charge < -0.3 is 15.0 Å². The second-order valence-electron chi connectivity index (χ2n) is 2.31.